The van der Waals surface area contributed by atoms with Crippen molar-refractivity contribution in [3.8, 4) is 0 Å². The quantitative estimate of drug-likeness (QED) is 0.468. The molecule has 0 unspecified atom stereocenters. The Kier molecular flexibility index (Phi) is 1.36. The fourth-order valence-corrected chi connectivity index (χ4v) is 0.604. The van der Waals surface area contributed by atoms with Crippen LogP contribution in [0.4, 0.5) is 0 Å². The normalized spacial score (nSPS) is 19.1. The van der Waals surface area contributed by atoms with Gasteiger partial charge in [0.15, 0.2) is 0 Å². The highest BCUT2D eigenvalue weighted by atomic mass is 32.1. The minimum atomic E-state index is 0.850. The van der Waals surface area contributed by atoms with Crippen LogP contribution in [-0.2, 0) is 0 Å². The number of nitrogens with one attached hydrogen (secondary N) is 1. The molecule has 0 aliphatic carbocycles. The molecule has 1 aliphatic rings. The monoisotopic (exact) mass is 114 g/mol. The van der Waals surface area contributed by atoms with E-state index in [0.29, 0.717) is 0 Å². The summed E-state index contributed by atoms with van der Waals surface area (Å²) in [4.78, 5) is 0.850. The summed E-state index contributed by atoms with van der Waals surface area (Å²) < 4.78 is 0. The van der Waals surface area contributed by atoms with Gasteiger partial charge in [-0.05, 0) is 6.42 Å². The largest absolute Gasteiger partial charge is 0.272 e. The molecule has 0 bridgehead atoms. The summed E-state index contributed by atoms with van der Waals surface area (Å²) in [6, 6.07) is 0. The molecule has 38 valence electrons. The number of rotatable bonds is 0. The van der Waals surface area contributed by atoms with Crippen LogP contribution in [0.1, 0.15) is 12.8 Å². The topological polar surface area (TPSA) is 24.4 Å². The number of nitrogens with zero attached hydrogens (tertiary/aromatic N) is 1. The molecule has 0 spiro atoms. The van der Waals surface area contributed by atoms with Crippen LogP contribution in [0.2, 0.25) is 0 Å². The highest BCUT2D eigenvalue weighted by Crippen LogP contribution is 1.91. The van der Waals surface area contributed by atoms with E-state index < -0.39 is 0 Å². The van der Waals surface area contributed by atoms with Crippen molar-refractivity contribution in [3.05, 3.63) is 0 Å². The van der Waals surface area contributed by atoms with Gasteiger partial charge in [0.1, 0.15) is 0 Å². The van der Waals surface area contributed by atoms with Gasteiger partial charge >= 0.3 is 0 Å². The van der Waals surface area contributed by atoms with E-state index in [2.05, 4.69) is 10.5 Å². The number of hydrogen-bond acceptors (Lipinski definition) is 2. The van der Waals surface area contributed by atoms with Crippen LogP contribution in [0.25, 0.3) is 0 Å². The van der Waals surface area contributed by atoms with Gasteiger partial charge in [-0.25, -0.2) is 0 Å². The molecule has 1 heterocycles. The summed E-state index contributed by atoms with van der Waals surface area (Å²) in [7, 11) is 0. The lowest BCUT2D eigenvalue weighted by atomic mass is 10.3. The van der Waals surface area contributed by atoms with E-state index in [4.69, 9.17) is 12.2 Å². The van der Waals surface area contributed by atoms with Gasteiger partial charge in [0, 0.05) is 12.6 Å². The summed E-state index contributed by atoms with van der Waals surface area (Å²) in [5.74, 6) is 0. The van der Waals surface area contributed by atoms with Crippen molar-refractivity contribution in [3.63, 3.8) is 0 Å². The van der Waals surface area contributed by atoms with Crippen molar-refractivity contribution in [1.29, 1.82) is 0 Å². The molecule has 0 aromatic rings. The number of hydrogen-bond donors (Lipinski definition) is 1. The lowest BCUT2D eigenvalue weighted by molar-refractivity contribution is 0.945. The highest BCUT2D eigenvalue weighted by Gasteiger charge is 1.95. The van der Waals surface area contributed by atoms with Crippen LogP contribution in [0.15, 0.2) is 5.10 Å². The Morgan fingerprint density at radius 3 is 3.00 bits per heavy atom. The Morgan fingerprint density at radius 1 is 1.86 bits per heavy atom. The molecule has 0 aromatic heterocycles. The van der Waals surface area contributed by atoms with E-state index in [0.717, 1.165) is 17.8 Å². The van der Waals surface area contributed by atoms with Gasteiger partial charge in [-0.15, -0.1) is 0 Å². The second-order valence-electron chi connectivity index (χ2n) is 1.39. The van der Waals surface area contributed by atoms with E-state index in [1.807, 2.05) is 6.21 Å². The highest BCUT2D eigenvalue weighted by molar-refractivity contribution is 7.80. The van der Waals surface area contributed by atoms with Crippen molar-refractivity contribution >= 4 is 23.4 Å². The van der Waals surface area contributed by atoms with Crippen LogP contribution in [0.3, 0.4) is 0 Å². The van der Waals surface area contributed by atoms with Crippen molar-refractivity contribution < 1.29 is 0 Å². The fraction of sp³-hybridized carbons (Fsp3) is 0.500. The van der Waals surface area contributed by atoms with E-state index in [1.54, 1.807) is 0 Å². The maximum atomic E-state index is 4.78. The second-order valence-corrected chi connectivity index (χ2v) is 1.88. The maximum Gasteiger partial charge on any atom is 0.0965 e. The Bertz CT molecular complexity index is 108. The zero-order valence-electron chi connectivity index (χ0n) is 3.85. The van der Waals surface area contributed by atoms with Gasteiger partial charge in [-0.3, -0.25) is 5.43 Å². The molecule has 7 heavy (non-hydrogen) atoms. The minimum absolute atomic E-state index is 0.850. The second kappa shape index (κ2) is 2.02. The van der Waals surface area contributed by atoms with E-state index in [9.17, 15) is 0 Å². The van der Waals surface area contributed by atoms with E-state index in [1.165, 1.54) is 0 Å². The third-order valence-electron chi connectivity index (χ3n) is 0.781. The van der Waals surface area contributed by atoms with Crippen molar-refractivity contribution in [1.82, 2.24) is 5.43 Å². The zero-order valence-corrected chi connectivity index (χ0v) is 4.66. The van der Waals surface area contributed by atoms with Gasteiger partial charge in [-0.2, -0.15) is 5.10 Å². The third-order valence-corrected chi connectivity index (χ3v) is 1.08. The molecule has 0 amide bonds. The van der Waals surface area contributed by atoms with Crippen LogP contribution in [-0.4, -0.2) is 11.2 Å². The lowest BCUT2D eigenvalue weighted by Crippen LogP contribution is -2.18. The predicted molar refractivity (Wildman–Crippen MR) is 33.5 cm³/mol. The third kappa shape index (κ3) is 1.23. The van der Waals surface area contributed by atoms with Crippen LogP contribution in [0.5, 0.6) is 0 Å². The minimum Gasteiger partial charge on any atom is -0.272 e. The molecule has 1 N–H and O–H groups in total. The standard InChI is InChI=1S/C4H6N2S/c7-4-2-1-3-5-6-4/h3H,1-2H2,(H,6,7). The van der Waals surface area contributed by atoms with E-state index >= 15 is 0 Å². The molecule has 1 aliphatic heterocycles. The molecule has 2 nitrogen and oxygen atoms in total. The Labute approximate surface area is 47.6 Å². The molecule has 0 fully saturated rings. The first kappa shape index (κ1) is 4.71. The predicted octanol–water partition coefficient (Wildman–Crippen LogP) is 0.683. The Balaban J connectivity index is 2.47. The Morgan fingerprint density at radius 2 is 2.71 bits per heavy atom. The maximum absolute atomic E-state index is 4.78. The van der Waals surface area contributed by atoms with Gasteiger partial charge in [0.05, 0.1) is 4.99 Å². The molecule has 0 aromatic carbocycles. The summed E-state index contributed by atoms with van der Waals surface area (Å²) in [5, 5.41) is 3.74. The number of hydrazone groups is 1. The van der Waals surface area contributed by atoms with Crippen molar-refractivity contribution in [2.75, 3.05) is 0 Å². The smallest absolute Gasteiger partial charge is 0.0965 e. The molecule has 0 atom stereocenters. The summed E-state index contributed by atoms with van der Waals surface area (Å²) >= 11 is 4.78. The molecule has 0 saturated heterocycles. The molecular weight excluding hydrogens is 108 g/mol. The molecule has 3 heteroatoms. The van der Waals surface area contributed by atoms with Gasteiger partial charge in [0.2, 0.25) is 0 Å². The molecule has 1 rings (SSSR count). The summed E-state index contributed by atoms with van der Waals surface area (Å²) in [6.07, 6.45) is 3.78. The first-order valence-electron chi connectivity index (χ1n) is 2.20. The lowest BCUT2D eigenvalue weighted by Gasteiger charge is -2.03. The van der Waals surface area contributed by atoms with Gasteiger partial charge in [0.25, 0.3) is 0 Å². The average molecular weight is 114 g/mol. The van der Waals surface area contributed by atoms with Crippen LogP contribution in [0, 0.1) is 0 Å². The van der Waals surface area contributed by atoms with E-state index in [-0.39, 0.29) is 0 Å². The SMILES string of the molecule is S=C1CCC=NN1. The van der Waals surface area contributed by atoms with Gasteiger partial charge < -0.3 is 0 Å². The van der Waals surface area contributed by atoms with Crippen LogP contribution < -0.4 is 5.43 Å². The summed E-state index contributed by atoms with van der Waals surface area (Å²) in [6.45, 7) is 0. The van der Waals surface area contributed by atoms with Crippen LogP contribution >= 0.6 is 12.2 Å². The fourth-order valence-electron chi connectivity index (χ4n) is 0.434. The molecular formula is C4H6N2S. The number of thiocarbonyl (C=S) groups is 1. The van der Waals surface area contributed by atoms with Crippen molar-refractivity contribution in [2.24, 2.45) is 5.10 Å². The first-order valence-corrected chi connectivity index (χ1v) is 2.61. The average Bonchev–Trinajstić information content (AvgIpc) is 1.69. The van der Waals surface area contributed by atoms with Gasteiger partial charge in [-0.1, -0.05) is 12.2 Å². The first-order chi connectivity index (χ1) is 3.39. The molecule has 0 radical (unpaired) electrons. The zero-order chi connectivity index (χ0) is 5.11. The summed E-state index contributed by atoms with van der Waals surface area (Å²) in [5.41, 5.74) is 2.68. The Hall–Kier alpha value is -0.440. The molecule has 0 saturated carbocycles. The van der Waals surface area contributed by atoms with Crippen molar-refractivity contribution in [2.45, 2.75) is 12.8 Å².